The number of nitrogens with one attached hydrogen (secondary N) is 1. The number of nitrogens with zero attached hydrogens (tertiary/aromatic N) is 1. The molecular formula is C18H19FN2O5. The average Bonchev–Trinajstić information content (AvgIpc) is 2.87. The van der Waals surface area contributed by atoms with Crippen molar-refractivity contribution in [2.24, 2.45) is 11.8 Å². The first-order valence-corrected chi connectivity index (χ1v) is 8.52. The highest BCUT2D eigenvalue weighted by Gasteiger charge is 2.48. The van der Waals surface area contributed by atoms with Crippen LogP contribution >= 0.6 is 0 Å². The highest BCUT2D eigenvalue weighted by Crippen LogP contribution is 2.37. The highest BCUT2D eigenvalue weighted by molar-refractivity contribution is 6.07. The quantitative estimate of drug-likeness (QED) is 0.633. The second-order valence-corrected chi connectivity index (χ2v) is 6.48. The van der Waals surface area contributed by atoms with Gasteiger partial charge in [-0.1, -0.05) is 12.8 Å². The second kappa shape index (κ2) is 7.63. The molecule has 3 rings (SSSR count). The van der Waals surface area contributed by atoms with E-state index in [-0.39, 0.29) is 23.7 Å². The van der Waals surface area contributed by atoms with Crippen molar-refractivity contribution in [3.63, 3.8) is 0 Å². The Morgan fingerprint density at radius 2 is 1.65 bits per heavy atom. The minimum Gasteiger partial charge on any atom is -0.454 e. The fourth-order valence-electron chi connectivity index (χ4n) is 3.44. The number of hydrogen-bond acceptors (Lipinski definition) is 5. The molecule has 0 unspecified atom stereocenters. The number of amides is 3. The number of halogens is 1. The number of fused-ring (bicyclic) bond motifs is 1. The molecule has 1 aliphatic carbocycles. The van der Waals surface area contributed by atoms with Crippen molar-refractivity contribution in [3.05, 3.63) is 30.1 Å². The van der Waals surface area contributed by atoms with Gasteiger partial charge in [0.25, 0.3) is 5.91 Å². The lowest BCUT2D eigenvalue weighted by molar-refractivity contribution is -0.154. The maximum atomic E-state index is 12.8. The Kier molecular flexibility index (Phi) is 5.29. The molecule has 1 aliphatic heterocycles. The zero-order valence-corrected chi connectivity index (χ0v) is 14.1. The van der Waals surface area contributed by atoms with E-state index in [1.165, 1.54) is 24.3 Å². The summed E-state index contributed by atoms with van der Waals surface area (Å²) in [7, 11) is 0. The molecule has 2 atom stereocenters. The van der Waals surface area contributed by atoms with E-state index in [1.54, 1.807) is 0 Å². The van der Waals surface area contributed by atoms with Gasteiger partial charge in [-0.15, -0.1) is 0 Å². The van der Waals surface area contributed by atoms with Gasteiger partial charge in [-0.25, -0.2) is 4.39 Å². The second-order valence-electron chi connectivity index (χ2n) is 6.48. The Morgan fingerprint density at radius 3 is 2.23 bits per heavy atom. The van der Waals surface area contributed by atoms with Crippen LogP contribution < -0.4 is 5.32 Å². The van der Waals surface area contributed by atoms with Gasteiger partial charge in [0.05, 0.1) is 11.8 Å². The summed E-state index contributed by atoms with van der Waals surface area (Å²) in [6, 6.07) is 5.12. The van der Waals surface area contributed by atoms with Crippen LogP contribution in [0.2, 0.25) is 0 Å². The number of carbonyl (C=O) groups is 4. The van der Waals surface area contributed by atoms with Crippen molar-refractivity contribution >= 4 is 29.4 Å². The third kappa shape index (κ3) is 3.89. The number of hydrogen-bond donors (Lipinski definition) is 1. The van der Waals surface area contributed by atoms with Gasteiger partial charge in [0.15, 0.2) is 6.61 Å². The molecule has 3 amide bonds. The standard InChI is InChI=1S/C18H19FN2O5/c19-11-5-7-12(8-6-11)20-15(22)10-26-16(23)9-21-17(24)13-3-1-2-4-14(13)18(21)25/h5-8,13-14H,1-4,9-10H2,(H,20,22)/t13-,14-/m1/s1. The Hall–Kier alpha value is -2.77. The molecule has 1 N–H and O–H groups in total. The topological polar surface area (TPSA) is 92.8 Å². The fourth-order valence-corrected chi connectivity index (χ4v) is 3.44. The zero-order chi connectivity index (χ0) is 18.7. The van der Waals surface area contributed by atoms with Crippen molar-refractivity contribution in [2.45, 2.75) is 25.7 Å². The number of likely N-dealkylation sites (tertiary alicyclic amines) is 1. The number of imide groups is 1. The summed E-state index contributed by atoms with van der Waals surface area (Å²) >= 11 is 0. The Morgan fingerprint density at radius 1 is 1.08 bits per heavy atom. The van der Waals surface area contributed by atoms with E-state index in [0.717, 1.165) is 17.7 Å². The van der Waals surface area contributed by atoms with Crippen LogP contribution in [0.5, 0.6) is 0 Å². The molecule has 8 heteroatoms. The third-order valence-electron chi connectivity index (χ3n) is 4.71. The van der Waals surface area contributed by atoms with E-state index in [1.807, 2.05) is 0 Å². The summed E-state index contributed by atoms with van der Waals surface area (Å²) < 4.78 is 17.6. The SMILES string of the molecule is O=C(COC(=O)CN1C(=O)[C@@H]2CCCC[C@H]2C1=O)Nc1ccc(F)cc1. The summed E-state index contributed by atoms with van der Waals surface area (Å²) in [4.78, 5) is 49.1. The van der Waals surface area contributed by atoms with Crippen LogP contribution in [0, 0.1) is 17.7 Å². The summed E-state index contributed by atoms with van der Waals surface area (Å²) in [6.07, 6.45) is 3.14. The normalized spacial score (nSPS) is 22.1. The van der Waals surface area contributed by atoms with E-state index >= 15 is 0 Å². The minimum absolute atomic E-state index is 0.326. The molecule has 138 valence electrons. The lowest BCUT2D eigenvalue weighted by Crippen LogP contribution is -2.37. The molecule has 1 saturated carbocycles. The molecule has 1 heterocycles. The Labute approximate surface area is 149 Å². The van der Waals surface area contributed by atoms with E-state index < -0.39 is 30.8 Å². The molecule has 1 aromatic carbocycles. The first-order chi connectivity index (χ1) is 12.5. The molecule has 26 heavy (non-hydrogen) atoms. The van der Waals surface area contributed by atoms with Crippen LogP contribution in [0.1, 0.15) is 25.7 Å². The molecule has 0 bridgehead atoms. The third-order valence-corrected chi connectivity index (χ3v) is 4.71. The summed E-state index contributed by atoms with van der Waals surface area (Å²) in [5.74, 6) is -3.16. The van der Waals surface area contributed by atoms with Crippen molar-refractivity contribution in [1.82, 2.24) is 4.90 Å². The fraction of sp³-hybridized carbons (Fsp3) is 0.444. The number of rotatable bonds is 5. The molecule has 2 fully saturated rings. The van der Waals surface area contributed by atoms with Crippen LogP contribution in [-0.4, -0.2) is 41.7 Å². The first kappa shape index (κ1) is 18.0. The van der Waals surface area contributed by atoms with Gasteiger partial charge < -0.3 is 10.1 Å². The minimum atomic E-state index is -0.820. The summed E-state index contributed by atoms with van der Waals surface area (Å²) in [5, 5.41) is 2.45. The van der Waals surface area contributed by atoms with Crippen molar-refractivity contribution < 1.29 is 28.3 Å². The number of esters is 1. The Bertz CT molecular complexity index is 710. The molecule has 2 aliphatic rings. The number of carbonyl (C=O) groups excluding carboxylic acids is 4. The number of ether oxygens (including phenoxy) is 1. The molecule has 1 aromatic rings. The van der Waals surface area contributed by atoms with Gasteiger partial charge in [-0.05, 0) is 37.1 Å². The number of benzene rings is 1. The van der Waals surface area contributed by atoms with Crippen molar-refractivity contribution in [2.75, 3.05) is 18.5 Å². The highest BCUT2D eigenvalue weighted by atomic mass is 19.1. The van der Waals surface area contributed by atoms with Gasteiger partial charge >= 0.3 is 5.97 Å². The molecule has 0 radical (unpaired) electrons. The Balaban J connectivity index is 1.48. The lowest BCUT2D eigenvalue weighted by atomic mass is 9.81. The van der Waals surface area contributed by atoms with E-state index in [2.05, 4.69) is 5.32 Å². The van der Waals surface area contributed by atoms with Gasteiger partial charge in [-0.2, -0.15) is 0 Å². The monoisotopic (exact) mass is 362 g/mol. The maximum Gasteiger partial charge on any atom is 0.326 e. The summed E-state index contributed by atoms with van der Waals surface area (Å²) in [5.41, 5.74) is 0.362. The van der Waals surface area contributed by atoms with Crippen molar-refractivity contribution in [3.8, 4) is 0 Å². The molecule has 0 spiro atoms. The van der Waals surface area contributed by atoms with Gasteiger partial charge in [0, 0.05) is 5.69 Å². The van der Waals surface area contributed by atoms with Gasteiger partial charge in [0.1, 0.15) is 12.4 Å². The molecule has 0 aromatic heterocycles. The van der Waals surface area contributed by atoms with Crippen LogP contribution in [0.15, 0.2) is 24.3 Å². The maximum absolute atomic E-state index is 12.8. The van der Waals surface area contributed by atoms with Crippen LogP contribution in [0.25, 0.3) is 0 Å². The summed E-state index contributed by atoms with van der Waals surface area (Å²) in [6.45, 7) is -1.03. The van der Waals surface area contributed by atoms with Crippen LogP contribution in [-0.2, 0) is 23.9 Å². The van der Waals surface area contributed by atoms with E-state index in [0.29, 0.717) is 18.5 Å². The molecule has 1 saturated heterocycles. The van der Waals surface area contributed by atoms with Crippen molar-refractivity contribution in [1.29, 1.82) is 0 Å². The average molecular weight is 362 g/mol. The van der Waals surface area contributed by atoms with Gasteiger partial charge in [-0.3, -0.25) is 24.1 Å². The van der Waals surface area contributed by atoms with Crippen LogP contribution in [0.4, 0.5) is 10.1 Å². The van der Waals surface area contributed by atoms with E-state index in [9.17, 15) is 23.6 Å². The number of anilines is 1. The van der Waals surface area contributed by atoms with Crippen LogP contribution in [0.3, 0.4) is 0 Å². The largest absolute Gasteiger partial charge is 0.454 e. The van der Waals surface area contributed by atoms with E-state index in [4.69, 9.17) is 4.74 Å². The lowest BCUT2D eigenvalue weighted by Gasteiger charge is -2.19. The molecular weight excluding hydrogens is 343 g/mol. The zero-order valence-electron chi connectivity index (χ0n) is 14.1. The van der Waals surface area contributed by atoms with Gasteiger partial charge in [0.2, 0.25) is 11.8 Å². The first-order valence-electron chi connectivity index (χ1n) is 8.52. The smallest absolute Gasteiger partial charge is 0.326 e. The predicted octanol–water partition coefficient (Wildman–Crippen LogP) is 1.48. The molecule has 7 nitrogen and oxygen atoms in total. The predicted molar refractivity (Wildman–Crippen MR) is 88.2 cm³/mol.